The molecule has 1 N–H and O–H groups in total. The lowest BCUT2D eigenvalue weighted by molar-refractivity contribution is -0.0615. The third-order valence-electron chi connectivity index (χ3n) is 3.36. The first-order chi connectivity index (χ1) is 8.08. The molecule has 0 rings (SSSR count). The highest BCUT2D eigenvalue weighted by Gasteiger charge is 2.62. The van der Waals surface area contributed by atoms with Gasteiger partial charge >= 0.3 is 5.80 Å². The van der Waals surface area contributed by atoms with Crippen LogP contribution < -0.4 is 0 Å². The second kappa shape index (κ2) is 7.08. The summed E-state index contributed by atoms with van der Waals surface area (Å²) in [7, 11) is -6.90. The minimum Gasteiger partial charge on any atom is -0.286 e. The molecule has 0 aromatic heterocycles. The zero-order valence-corrected chi connectivity index (χ0v) is 14.4. The molecule has 0 saturated heterocycles. The maximum absolute atomic E-state index is 13.2. The Bertz CT molecular complexity index is 332. The van der Waals surface area contributed by atoms with Crippen LogP contribution in [-0.2, 0) is 10.1 Å². The molecule has 3 nitrogen and oxygen atoms in total. The molecular weight excluding hydrogens is 297 g/mol. The molecule has 0 aliphatic heterocycles. The van der Waals surface area contributed by atoms with E-state index in [2.05, 4.69) is 0 Å². The van der Waals surface area contributed by atoms with Crippen molar-refractivity contribution >= 4 is 18.2 Å². The van der Waals surface area contributed by atoms with Gasteiger partial charge in [-0.15, -0.1) is 0 Å². The van der Waals surface area contributed by atoms with Crippen LogP contribution >= 0.6 is 0 Å². The Hall–Kier alpha value is -0.0831. The maximum atomic E-state index is 13.2. The van der Waals surface area contributed by atoms with Gasteiger partial charge in [0.05, 0.1) is 6.26 Å². The quantitative estimate of drug-likeness (QED) is 0.623. The first kappa shape index (κ1) is 21.2. The average molecular weight is 322 g/mol. The summed E-state index contributed by atoms with van der Waals surface area (Å²) in [6.45, 7) is 10.3. The number of alkyl halides is 3. The standard InChI is InChI=1S/C10H21F3Si.CH4O3S/c1-7(2)14(8(3)4,9(5)6)10(11,12)13;1-5(2,3)4/h7-9H,1-6H3;1H3,(H,2,3,4). The lowest BCUT2D eigenvalue weighted by Crippen LogP contribution is -2.57. The average Bonchev–Trinajstić information content (AvgIpc) is 1.93. The Balaban J connectivity index is 0. The Morgan fingerprint density at radius 1 is 0.895 bits per heavy atom. The van der Waals surface area contributed by atoms with Crippen molar-refractivity contribution in [1.82, 2.24) is 0 Å². The molecular formula is C11H25F3O3SSi. The first-order valence-electron chi connectivity index (χ1n) is 6.07. The van der Waals surface area contributed by atoms with Gasteiger partial charge in [0.1, 0.15) is 0 Å². The van der Waals surface area contributed by atoms with E-state index in [9.17, 15) is 21.6 Å². The second-order valence-electron chi connectivity index (χ2n) is 5.63. The fourth-order valence-corrected chi connectivity index (χ4v) is 8.95. The van der Waals surface area contributed by atoms with Crippen LogP contribution in [0.2, 0.25) is 16.6 Å². The van der Waals surface area contributed by atoms with Crippen LogP contribution in [0.4, 0.5) is 13.2 Å². The molecule has 0 saturated carbocycles. The summed E-state index contributed by atoms with van der Waals surface area (Å²) in [5.74, 6) is -3.98. The van der Waals surface area contributed by atoms with Gasteiger partial charge in [-0.1, -0.05) is 41.5 Å². The Kier molecular flexibility index (Phi) is 7.90. The summed E-state index contributed by atoms with van der Waals surface area (Å²) in [4.78, 5) is 0. The SMILES string of the molecule is CC(C)[Si](C(C)C)(C(C)C)C(F)(F)F.CS(=O)(=O)O. The zero-order chi connectivity index (χ0) is 16.2. The first-order valence-corrected chi connectivity index (χ1v) is 10.2. The molecule has 0 unspecified atom stereocenters. The van der Waals surface area contributed by atoms with E-state index >= 15 is 0 Å². The van der Waals surface area contributed by atoms with Gasteiger partial charge in [-0.2, -0.15) is 21.6 Å². The van der Waals surface area contributed by atoms with Gasteiger partial charge in [-0.3, -0.25) is 4.55 Å². The topological polar surface area (TPSA) is 54.4 Å². The van der Waals surface area contributed by atoms with Crippen molar-refractivity contribution in [3.05, 3.63) is 0 Å². The monoisotopic (exact) mass is 322 g/mol. The maximum Gasteiger partial charge on any atom is 0.362 e. The van der Waals surface area contributed by atoms with Crippen LogP contribution in [0.15, 0.2) is 0 Å². The van der Waals surface area contributed by atoms with Gasteiger partial charge in [-0.05, 0) is 16.6 Å². The smallest absolute Gasteiger partial charge is 0.286 e. The summed E-state index contributed by atoms with van der Waals surface area (Å²) in [5.41, 5.74) is -0.743. The summed E-state index contributed by atoms with van der Waals surface area (Å²) < 4.78 is 65.4. The molecule has 0 atom stereocenters. The molecule has 0 aliphatic carbocycles. The van der Waals surface area contributed by atoms with Gasteiger partial charge in [0.15, 0.2) is 8.07 Å². The van der Waals surface area contributed by atoms with Crippen molar-refractivity contribution in [2.24, 2.45) is 0 Å². The fraction of sp³-hybridized carbons (Fsp3) is 1.00. The minimum absolute atomic E-state index is 0.248. The van der Waals surface area contributed by atoms with Gasteiger partial charge < -0.3 is 0 Å². The van der Waals surface area contributed by atoms with Gasteiger partial charge in [-0.25, -0.2) is 0 Å². The third kappa shape index (κ3) is 6.27. The molecule has 0 amide bonds. The van der Waals surface area contributed by atoms with Gasteiger partial charge in [0, 0.05) is 0 Å². The molecule has 0 spiro atoms. The normalized spacial score (nSPS) is 13.8. The van der Waals surface area contributed by atoms with E-state index in [0.29, 0.717) is 6.26 Å². The second-order valence-corrected chi connectivity index (χ2v) is 13.0. The number of hydrogen-bond donors (Lipinski definition) is 1. The van der Waals surface area contributed by atoms with Crippen LogP contribution in [-0.4, -0.2) is 33.1 Å². The molecule has 19 heavy (non-hydrogen) atoms. The molecule has 0 bridgehead atoms. The van der Waals surface area contributed by atoms with E-state index < -0.39 is 24.0 Å². The molecule has 0 fully saturated rings. The predicted molar refractivity (Wildman–Crippen MR) is 74.6 cm³/mol. The van der Waals surface area contributed by atoms with E-state index in [0.717, 1.165) is 0 Å². The highest BCUT2D eigenvalue weighted by atomic mass is 32.2. The fourth-order valence-electron chi connectivity index (χ4n) is 2.98. The van der Waals surface area contributed by atoms with Crippen molar-refractivity contribution in [1.29, 1.82) is 0 Å². The number of rotatable bonds is 3. The minimum atomic E-state index is -3.98. The summed E-state index contributed by atoms with van der Waals surface area (Å²) in [5, 5.41) is 0. The van der Waals surface area contributed by atoms with Crippen molar-refractivity contribution in [2.45, 2.75) is 64.0 Å². The predicted octanol–water partition coefficient (Wildman–Crippen LogP) is 4.27. The van der Waals surface area contributed by atoms with E-state index in [4.69, 9.17) is 4.55 Å². The molecule has 118 valence electrons. The van der Waals surface area contributed by atoms with E-state index in [1.54, 1.807) is 41.5 Å². The van der Waals surface area contributed by atoms with Crippen molar-refractivity contribution in [3.8, 4) is 0 Å². The molecule has 0 aromatic rings. The number of hydrogen-bond acceptors (Lipinski definition) is 2. The van der Waals surface area contributed by atoms with Gasteiger partial charge in [0.2, 0.25) is 0 Å². The van der Waals surface area contributed by atoms with E-state index in [-0.39, 0.29) is 16.6 Å². The van der Waals surface area contributed by atoms with Crippen LogP contribution in [0.1, 0.15) is 41.5 Å². The van der Waals surface area contributed by atoms with Crippen molar-refractivity contribution in [2.75, 3.05) is 6.26 Å². The Morgan fingerprint density at radius 2 is 1.05 bits per heavy atom. The van der Waals surface area contributed by atoms with E-state index in [1.165, 1.54) is 0 Å². The van der Waals surface area contributed by atoms with Crippen molar-refractivity contribution < 1.29 is 26.1 Å². The number of halogens is 3. The highest BCUT2D eigenvalue weighted by Crippen LogP contribution is 2.51. The molecule has 0 heterocycles. The lowest BCUT2D eigenvalue weighted by Gasteiger charge is -2.43. The van der Waals surface area contributed by atoms with Crippen LogP contribution in [0, 0.1) is 0 Å². The van der Waals surface area contributed by atoms with Crippen LogP contribution in [0.25, 0.3) is 0 Å². The summed E-state index contributed by atoms with van der Waals surface area (Å²) in [6.07, 6.45) is 0.715. The molecule has 0 aliphatic rings. The molecule has 8 heteroatoms. The molecule has 0 aromatic carbocycles. The van der Waals surface area contributed by atoms with Crippen molar-refractivity contribution in [3.63, 3.8) is 0 Å². The Morgan fingerprint density at radius 3 is 1.05 bits per heavy atom. The van der Waals surface area contributed by atoms with Crippen LogP contribution in [0.3, 0.4) is 0 Å². The zero-order valence-electron chi connectivity index (χ0n) is 12.5. The van der Waals surface area contributed by atoms with Gasteiger partial charge in [0.25, 0.3) is 10.1 Å². The summed E-state index contributed by atoms with van der Waals surface area (Å²) in [6, 6.07) is 0. The third-order valence-corrected chi connectivity index (χ3v) is 10.1. The van der Waals surface area contributed by atoms with E-state index in [1.807, 2.05) is 0 Å². The highest BCUT2D eigenvalue weighted by molar-refractivity contribution is 7.85. The van der Waals surface area contributed by atoms with Crippen LogP contribution in [0.5, 0.6) is 0 Å². The Labute approximate surface area is 115 Å². The lowest BCUT2D eigenvalue weighted by atomic mass is 10.5. The largest absolute Gasteiger partial charge is 0.362 e. The summed E-state index contributed by atoms with van der Waals surface area (Å²) >= 11 is 0. The molecule has 0 radical (unpaired) electrons.